The highest BCUT2D eigenvalue weighted by Crippen LogP contribution is 2.21. The lowest BCUT2D eigenvalue weighted by Crippen LogP contribution is -2.28. The van der Waals surface area contributed by atoms with Gasteiger partial charge in [0.15, 0.2) is 0 Å². The number of anilines is 2. The molecule has 1 aromatic carbocycles. The Labute approximate surface area is 161 Å². The summed E-state index contributed by atoms with van der Waals surface area (Å²) in [5.74, 6) is -0.128. The summed E-state index contributed by atoms with van der Waals surface area (Å²) >= 11 is 0. The van der Waals surface area contributed by atoms with Gasteiger partial charge in [0.1, 0.15) is 29.9 Å². The normalized spacial score (nSPS) is 16.8. The summed E-state index contributed by atoms with van der Waals surface area (Å²) < 4.78 is 39.4. The molecule has 1 unspecified atom stereocenters. The van der Waals surface area contributed by atoms with Crippen LogP contribution in [0.15, 0.2) is 36.7 Å². The Kier molecular flexibility index (Phi) is 5.16. The molecule has 0 saturated carbocycles. The number of hydrogen-bond acceptors (Lipinski definition) is 6. The summed E-state index contributed by atoms with van der Waals surface area (Å²) in [7, 11) is 0. The van der Waals surface area contributed by atoms with Crippen molar-refractivity contribution in [3.8, 4) is 11.6 Å². The summed E-state index contributed by atoms with van der Waals surface area (Å²) in [5, 5.41) is 7.18. The largest absolute Gasteiger partial charge is 0.472 e. The number of halogens is 2. The number of nitrogens with zero attached hydrogens (tertiary/aromatic N) is 4. The second kappa shape index (κ2) is 7.89. The molecule has 1 aliphatic rings. The number of pyridine rings is 1. The molecule has 1 fully saturated rings. The monoisotopic (exact) mass is 389 g/mol. The molecule has 7 nitrogen and oxygen atoms in total. The van der Waals surface area contributed by atoms with Crippen molar-refractivity contribution in [1.82, 2.24) is 19.7 Å². The van der Waals surface area contributed by atoms with Crippen LogP contribution in [0.4, 0.5) is 20.5 Å². The minimum absolute atomic E-state index is 0. The van der Waals surface area contributed by atoms with Gasteiger partial charge in [0, 0.05) is 20.2 Å². The molecule has 4 rings (SSSR count). The summed E-state index contributed by atoms with van der Waals surface area (Å²) in [6.07, 6.45) is 3.23. The van der Waals surface area contributed by atoms with Crippen LogP contribution in [-0.2, 0) is 4.74 Å². The maximum absolute atomic E-state index is 13.4. The standard InChI is InChI=1S/C19H19F2N5O2.H2/c1-12-5-17(23-18(6-12)28-16-3-2-4-27-10-16)24-19-22-11-26(25-19)15-8-13(20)7-14(21)9-15;/h5-9,11,16H,2-4,10H2,1H3,(H,23,24,25);1H. The van der Waals surface area contributed by atoms with Crippen LogP contribution in [-0.4, -0.2) is 39.1 Å². The van der Waals surface area contributed by atoms with Gasteiger partial charge in [0.05, 0.1) is 12.3 Å². The van der Waals surface area contributed by atoms with E-state index in [1.54, 1.807) is 0 Å². The van der Waals surface area contributed by atoms with Gasteiger partial charge < -0.3 is 14.8 Å². The molecule has 1 atom stereocenters. The quantitative estimate of drug-likeness (QED) is 0.716. The van der Waals surface area contributed by atoms with E-state index in [1.807, 2.05) is 19.1 Å². The fraction of sp³-hybridized carbons (Fsp3) is 0.316. The molecule has 28 heavy (non-hydrogen) atoms. The van der Waals surface area contributed by atoms with E-state index in [4.69, 9.17) is 9.47 Å². The molecule has 1 aliphatic heterocycles. The molecule has 3 aromatic rings. The molecule has 0 radical (unpaired) electrons. The predicted octanol–water partition coefficient (Wildman–Crippen LogP) is 3.80. The zero-order valence-corrected chi connectivity index (χ0v) is 15.2. The van der Waals surface area contributed by atoms with Gasteiger partial charge in [-0.3, -0.25) is 0 Å². The van der Waals surface area contributed by atoms with Crippen molar-refractivity contribution in [3.63, 3.8) is 0 Å². The lowest BCUT2D eigenvalue weighted by molar-refractivity contribution is 0.00554. The molecule has 2 aromatic heterocycles. The van der Waals surface area contributed by atoms with Crippen LogP contribution in [0.2, 0.25) is 0 Å². The smallest absolute Gasteiger partial charge is 0.248 e. The number of hydrogen-bond donors (Lipinski definition) is 1. The number of benzene rings is 1. The van der Waals surface area contributed by atoms with Crippen molar-refractivity contribution in [2.45, 2.75) is 25.9 Å². The molecule has 3 heterocycles. The first-order valence-electron chi connectivity index (χ1n) is 8.93. The van der Waals surface area contributed by atoms with Crippen molar-refractivity contribution >= 4 is 11.8 Å². The van der Waals surface area contributed by atoms with Crippen molar-refractivity contribution in [2.24, 2.45) is 0 Å². The Morgan fingerprint density at radius 3 is 2.79 bits per heavy atom. The number of rotatable bonds is 5. The van der Waals surface area contributed by atoms with Crippen molar-refractivity contribution in [3.05, 3.63) is 53.9 Å². The molecule has 148 valence electrons. The average Bonchev–Trinajstić information content (AvgIpc) is 3.10. The number of ether oxygens (including phenoxy) is 2. The maximum Gasteiger partial charge on any atom is 0.248 e. The zero-order valence-electron chi connectivity index (χ0n) is 15.2. The highest BCUT2D eigenvalue weighted by atomic mass is 19.1. The fourth-order valence-electron chi connectivity index (χ4n) is 2.97. The van der Waals surface area contributed by atoms with Crippen molar-refractivity contribution in [1.29, 1.82) is 0 Å². The summed E-state index contributed by atoms with van der Waals surface area (Å²) in [6.45, 7) is 3.24. The Hall–Kier alpha value is -3.07. The van der Waals surface area contributed by atoms with E-state index in [2.05, 4.69) is 20.4 Å². The Bertz CT molecular complexity index is 959. The average molecular weight is 389 g/mol. The third-order valence-corrected chi connectivity index (χ3v) is 4.20. The predicted molar refractivity (Wildman–Crippen MR) is 100 cm³/mol. The van der Waals surface area contributed by atoms with Gasteiger partial charge >= 0.3 is 0 Å². The SMILES string of the molecule is Cc1cc(Nc2ncn(-c3cc(F)cc(F)c3)n2)nc(OC2CCCOC2)c1.[HH]. The third-order valence-electron chi connectivity index (χ3n) is 4.20. The Morgan fingerprint density at radius 2 is 2.04 bits per heavy atom. The first-order valence-corrected chi connectivity index (χ1v) is 8.93. The van der Waals surface area contributed by atoms with E-state index in [9.17, 15) is 8.78 Å². The van der Waals surface area contributed by atoms with Gasteiger partial charge in [-0.05, 0) is 43.5 Å². The molecular weight excluding hydrogens is 368 g/mol. The van der Waals surface area contributed by atoms with Gasteiger partial charge in [0.25, 0.3) is 0 Å². The Morgan fingerprint density at radius 1 is 1.21 bits per heavy atom. The van der Waals surface area contributed by atoms with E-state index in [1.165, 1.54) is 23.1 Å². The number of aryl methyl sites for hydroxylation is 1. The second-order valence-corrected chi connectivity index (χ2v) is 6.59. The van der Waals surface area contributed by atoms with E-state index >= 15 is 0 Å². The van der Waals surface area contributed by atoms with Gasteiger partial charge in [-0.25, -0.2) is 13.5 Å². The highest BCUT2D eigenvalue weighted by Gasteiger charge is 2.16. The minimum atomic E-state index is -0.686. The van der Waals surface area contributed by atoms with Crippen LogP contribution in [0, 0.1) is 18.6 Å². The molecule has 1 saturated heterocycles. The van der Waals surface area contributed by atoms with E-state index in [0.29, 0.717) is 18.3 Å². The first kappa shape index (κ1) is 18.3. The van der Waals surface area contributed by atoms with Crippen LogP contribution in [0.1, 0.15) is 19.8 Å². The fourth-order valence-corrected chi connectivity index (χ4v) is 2.97. The maximum atomic E-state index is 13.4. The van der Waals surface area contributed by atoms with Crippen molar-refractivity contribution in [2.75, 3.05) is 18.5 Å². The molecule has 1 N–H and O–H groups in total. The van der Waals surface area contributed by atoms with E-state index < -0.39 is 11.6 Å². The van der Waals surface area contributed by atoms with Crippen LogP contribution >= 0.6 is 0 Å². The van der Waals surface area contributed by atoms with Crippen LogP contribution in [0.25, 0.3) is 5.69 Å². The molecule has 0 aliphatic carbocycles. The lowest BCUT2D eigenvalue weighted by Gasteiger charge is -2.23. The zero-order chi connectivity index (χ0) is 19.5. The van der Waals surface area contributed by atoms with Gasteiger partial charge in [-0.1, -0.05) is 0 Å². The molecule has 9 heteroatoms. The molecule has 0 spiro atoms. The first-order chi connectivity index (χ1) is 13.5. The topological polar surface area (TPSA) is 74.1 Å². The lowest BCUT2D eigenvalue weighted by atomic mass is 10.2. The molecular formula is C19H21F2N5O2. The highest BCUT2D eigenvalue weighted by molar-refractivity contribution is 5.50. The minimum Gasteiger partial charge on any atom is -0.472 e. The van der Waals surface area contributed by atoms with Crippen LogP contribution in [0.3, 0.4) is 0 Å². The van der Waals surface area contributed by atoms with Crippen LogP contribution < -0.4 is 10.1 Å². The number of aromatic nitrogens is 4. The molecule has 0 bridgehead atoms. The molecule has 0 amide bonds. The summed E-state index contributed by atoms with van der Waals surface area (Å²) in [4.78, 5) is 8.55. The number of nitrogens with one attached hydrogen (secondary N) is 1. The van der Waals surface area contributed by atoms with Crippen LogP contribution in [0.5, 0.6) is 5.88 Å². The van der Waals surface area contributed by atoms with Gasteiger partial charge in [0.2, 0.25) is 11.8 Å². The van der Waals surface area contributed by atoms with Crippen molar-refractivity contribution < 1.29 is 19.7 Å². The summed E-state index contributed by atoms with van der Waals surface area (Å²) in [6, 6.07) is 6.82. The second-order valence-electron chi connectivity index (χ2n) is 6.59. The van der Waals surface area contributed by atoms with E-state index in [0.717, 1.165) is 31.1 Å². The van der Waals surface area contributed by atoms with E-state index in [-0.39, 0.29) is 19.2 Å². The Balaban J connectivity index is 0.00000240. The van der Waals surface area contributed by atoms with Gasteiger partial charge in [-0.2, -0.15) is 9.97 Å². The van der Waals surface area contributed by atoms with Gasteiger partial charge in [-0.15, -0.1) is 5.10 Å². The summed E-state index contributed by atoms with van der Waals surface area (Å²) in [5.41, 5.74) is 1.19. The third kappa shape index (κ3) is 4.42.